The molecule has 0 bridgehead atoms. The second-order valence-corrected chi connectivity index (χ2v) is 3.76. The number of methoxy groups -OCH3 is 1. The van der Waals surface area contributed by atoms with E-state index in [1.807, 2.05) is 0 Å². The Bertz CT molecular complexity index is 422. The Morgan fingerprint density at radius 3 is 2.63 bits per heavy atom. The summed E-state index contributed by atoms with van der Waals surface area (Å²) < 4.78 is 42.8. The van der Waals surface area contributed by atoms with Crippen LogP contribution in [0, 0.1) is 0 Å². The summed E-state index contributed by atoms with van der Waals surface area (Å²) in [6, 6.07) is 4.85. The Kier molecular flexibility index (Phi) is 5.78. The van der Waals surface area contributed by atoms with Crippen LogP contribution in [0.5, 0.6) is 0 Å². The van der Waals surface area contributed by atoms with Gasteiger partial charge < -0.3 is 15.4 Å². The van der Waals surface area contributed by atoms with Crippen molar-refractivity contribution in [2.45, 2.75) is 6.18 Å². The third-order valence-corrected chi connectivity index (χ3v) is 2.28. The lowest BCUT2D eigenvalue weighted by molar-refractivity contribution is -0.137. The molecule has 0 atom stereocenters. The van der Waals surface area contributed by atoms with Gasteiger partial charge in [0.05, 0.1) is 24.4 Å². The Hall–Kier alpha value is -1.60. The molecule has 0 aliphatic heterocycles. The highest BCUT2D eigenvalue weighted by Gasteiger charge is 2.33. The normalized spacial score (nSPS) is 11.4. The summed E-state index contributed by atoms with van der Waals surface area (Å²) >= 11 is 0. The first-order valence-electron chi connectivity index (χ1n) is 5.61. The van der Waals surface area contributed by atoms with E-state index in [1.165, 1.54) is 25.3 Å². The van der Waals surface area contributed by atoms with Gasteiger partial charge in [-0.25, -0.2) is 0 Å². The van der Waals surface area contributed by atoms with Gasteiger partial charge in [0, 0.05) is 13.7 Å². The SMILES string of the molecule is COCCNCC(=O)Nc1ccccc1C(F)(F)F. The molecule has 7 heteroatoms. The van der Waals surface area contributed by atoms with Gasteiger partial charge in [0.15, 0.2) is 0 Å². The highest BCUT2D eigenvalue weighted by molar-refractivity contribution is 5.93. The van der Waals surface area contributed by atoms with Gasteiger partial charge >= 0.3 is 6.18 Å². The first-order valence-corrected chi connectivity index (χ1v) is 5.61. The lowest BCUT2D eigenvalue weighted by atomic mass is 10.1. The molecule has 1 rings (SSSR count). The molecular formula is C12H15F3N2O2. The summed E-state index contributed by atoms with van der Waals surface area (Å²) in [5, 5.41) is 4.98. The van der Waals surface area contributed by atoms with E-state index in [0.717, 1.165) is 6.07 Å². The molecule has 106 valence electrons. The van der Waals surface area contributed by atoms with Crippen LogP contribution in [0.25, 0.3) is 0 Å². The maximum Gasteiger partial charge on any atom is 0.418 e. The zero-order valence-corrected chi connectivity index (χ0v) is 10.4. The lowest BCUT2D eigenvalue weighted by Gasteiger charge is -2.13. The molecule has 2 N–H and O–H groups in total. The van der Waals surface area contributed by atoms with Crippen molar-refractivity contribution in [1.82, 2.24) is 5.32 Å². The van der Waals surface area contributed by atoms with Crippen molar-refractivity contribution in [3.63, 3.8) is 0 Å². The number of hydrogen-bond donors (Lipinski definition) is 2. The molecule has 1 aromatic rings. The van der Waals surface area contributed by atoms with Gasteiger partial charge in [-0.2, -0.15) is 13.2 Å². The summed E-state index contributed by atoms with van der Waals surface area (Å²) in [6.07, 6.45) is -4.49. The van der Waals surface area contributed by atoms with Crippen LogP contribution in [0.15, 0.2) is 24.3 Å². The first-order chi connectivity index (χ1) is 8.95. The average molecular weight is 276 g/mol. The molecule has 4 nitrogen and oxygen atoms in total. The molecule has 1 amide bonds. The van der Waals surface area contributed by atoms with E-state index >= 15 is 0 Å². The van der Waals surface area contributed by atoms with Crippen LogP contribution < -0.4 is 10.6 Å². The number of halogens is 3. The molecule has 0 aliphatic rings. The number of rotatable bonds is 6. The Morgan fingerprint density at radius 1 is 1.32 bits per heavy atom. The van der Waals surface area contributed by atoms with E-state index in [0.29, 0.717) is 13.2 Å². The number of hydrogen-bond acceptors (Lipinski definition) is 3. The van der Waals surface area contributed by atoms with Crippen molar-refractivity contribution >= 4 is 11.6 Å². The van der Waals surface area contributed by atoms with Crippen LogP contribution in [-0.4, -0.2) is 32.7 Å². The van der Waals surface area contributed by atoms with E-state index in [4.69, 9.17) is 4.74 Å². The van der Waals surface area contributed by atoms with E-state index < -0.39 is 17.6 Å². The van der Waals surface area contributed by atoms with Crippen molar-refractivity contribution in [2.24, 2.45) is 0 Å². The van der Waals surface area contributed by atoms with E-state index in [1.54, 1.807) is 0 Å². The smallest absolute Gasteiger partial charge is 0.383 e. The third-order valence-electron chi connectivity index (χ3n) is 2.28. The van der Waals surface area contributed by atoms with Crippen molar-refractivity contribution in [3.05, 3.63) is 29.8 Å². The number of anilines is 1. The van der Waals surface area contributed by atoms with Crippen molar-refractivity contribution in [3.8, 4) is 0 Å². The van der Waals surface area contributed by atoms with Crippen molar-refractivity contribution in [2.75, 3.05) is 32.1 Å². The minimum atomic E-state index is -4.49. The molecule has 0 saturated carbocycles. The van der Waals surface area contributed by atoms with Crippen LogP contribution in [0.3, 0.4) is 0 Å². The maximum absolute atomic E-state index is 12.7. The first kappa shape index (κ1) is 15.5. The third kappa shape index (κ3) is 5.27. The fourth-order valence-electron chi connectivity index (χ4n) is 1.41. The quantitative estimate of drug-likeness (QED) is 0.780. The fourth-order valence-corrected chi connectivity index (χ4v) is 1.41. The molecule has 1 aromatic carbocycles. The second-order valence-electron chi connectivity index (χ2n) is 3.76. The summed E-state index contributed by atoms with van der Waals surface area (Å²) in [6.45, 7) is 0.798. The number of amides is 1. The largest absolute Gasteiger partial charge is 0.418 e. The molecule has 0 fully saturated rings. The zero-order valence-electron chi connectivity index (χ0n) is 10.4. The Labute approximate surface area is 108 Å². The summed E-state index contributed by atoms with van der Waals surface area (Å²) in [5.41, 5.74) is -1.10. The second kappa shape index (κ2) is 7.10. The van der Waals surface area contributed by atoms with Crippen LogP contribution in [-0.2, 0) is 15.7 Å². The molecule has 19 heavy (non-hydrogen) atoms. The molecule has 0 saturated heterocycles. The van der Waals surface area contributed by atoms with Gasteiger partial charge in [-0.3, -0.25) is 4.79 Å². The number of ether oxygens (including phenoxy) is 1. The van der Waals surface area contributed by atoms with Crippen LogP contribution >= 0.6 is 0 Å². The highest BCUT2D eigenvalue weighted by Crippen LogP contribution is 2.34. The van der Waals surface area contributed by atoms with Crippen LogP contribution in [0.1, 0.15) is 5.56 Å². The predicted molar refractivity (Wildman–Crippen MR) is 64.8 cm³/mol. The minimum Gasteiger partial charge on any atom is -0.383 e. The Morgan fingerprint density at radius 2 is 2.00 bits per heavy atom. The predicted octanol–water partition coefficient (Wildman–Crippen LogP) is 1.88. The van der Waals surface area contributed by atoms with E-state index in [-0.39, 0.29) is 12.2 Å². The maximum atomic E-state index is 12.7. The monoisotopic (exact) mass is 276 g/mol. The topological polar surface area (TPSA) is 50.4 Å². The van der Waals surface area contributed by atoms with Crippen molar-refractivity contribution in [1.29, 1.82) is 0 Å². The van der Waals surface area contributed by atoms with E-state index in [9.17, 15) is 18.0 Å². The van der Waals surface area contributed by atoms with Gasteiger partial charge in [0.25, 0.3) is 0 Å². The number of para-hydroxylation sites is 1. The van der Waals surface area contributed by atoms with Gasteiger partial charge in [-0.1, -0.05) is 12.1 Å². The van der Waals surface area contributed by atoms with Crippen LogP contribution in [0.4, 0.5) is 18.9 Å². The van der Waals surface area contributed by atoms with Gasteiger partial charge in [-0.05, 0) is 12.1 Å². The number of carbonyl (C=O) groups excluding carboxylic acids is 1. The Balaban J connectivity index is 2.59. The molecule has 0 unspecified atom stereocenters. The number of nitrogens with one attached hydrogen (secondary N) is 2. The molecule has 0 spiro atoms. The standard InChI is InChI=1S/C12H15F3N2O2/c1-19-7-6-16-8-11(18)17-10-5-3-2-4-9(10)12(13,14)15/h2-5,16H,6-8H2,1H3,(H,17,18). The summed E-state index contributed by atoms with van der Waals surface area (Å²) in [7, 11) is 1.52. The average Bonchev–Trinajstić information content (AvgIpc) is 2.34. The molecule has 0 aromatic heterocycles. The zero-order chi connectivity index (χ0) is 14.3. The molecular weight excluding hydrogens is 261 g/mol. The number of carbonyl (C=O) groups is 1. The molecule has 0 radical (unpaired) electrons. The number of benzene rings is 1. The van der Waals surface area contributed by atoms with Gasteiger partial charge in [-0.15, -0.1) is 0 Å². The lowest BCUT2D eigenvalue weighted by Crippen LogP contribution is -2.30. The van der Waals surface area contributed by atoms with E-state index in [2.05, 4.69) is 10.6 Å². The number of alkyl halides is 3. The highest BCUT2D eigenvalue weighted by atomic mass is 19.4. The van der Waals surface area contributed by atoms with Gasteiger partial charge in [0.1, 0.15) is 0 Å². The molecule has 0 heterocycles. The fraction of sp³-hybridized carbons (Fsp3) is 0.417. The van der Waals surface area contributed by atoms with Crippen molar-refractivity contribution < 1.29 is 22.7 Å². The van der Waals surface area contributed by atoms with Gasteiger partial charge in [0.2, 0.25) is 5.91 Å². The summed E-state index contributed by atoms with van der Waals surface area (Å²) in [4.78, 5) is 11.5. The summed E-state index contributed by atoms with van der Waals surface area (Å²) in [5.74, 6) is -0.534. The minimum absolute atomic E-state index is 0.0739. The van der Waals surface area contributed by atoms with Crippen LogP contribution in [0.2, 0.25) is 0 Å². The molecule has 0 aliphatic carbocycles.